The zero-order valence-electron chi connectivity index (χ0n) is 13.9. The zero-order chi connectivity index (χ0) is 16.7. The third-order valence-corrected chi connectivity index (χ3v) is 5.61. The van der Waals surface area contributed by atoms with Crippen molar-refractivity contribution in [1.82, 2.24) is 14.9 Å². The van der Waals surface area contributed by atoms with E-state index in [2.05, 4.69) is 9.88 Å². The predicted octanol–water partition coefficient (Wildman–Crippen LogP) is 2.01. The number of carboxylic acid groups (broad SMARTS) is 1. The van der Waals surface area contributed by atoms with Crippen LogP contribution in [0.5, 0.6) is 0 Å². The standard InChI is InChI=1S/C18H22N4O2/c1-21-12-18(10-15(21)17(23)24)6-8-22(9-7-18)16-11-19-13-4-2-3-5-14(13)20-16/h2-5,11,15H,6-10,12H2,1H3,(H,23,24)/t15-/m1/s1. The van der Waals surface area contributed by atoms with Gasteiger partial charge in [-0.25, -0.2) is 4.98 Å². The number of piperidine rings is 1. The molecule has 1 atom stereocenters. The molecule has 0 aliphatic carbocycles. The van der Waals surface area contributed by atoms with Gasteiger partial charge in [-0.3, -0.25) is 14.7 Å². The highest BCUT2D eigenvalue weighted by Gasteiger charge is 2.46. The molecule has 1 N–H and O–H groups in total. The summed E-state index contributed by atoms with van der Waals surface area (Å²) >= 11 is 0. The van der Waals surface area contributed by atoms with Crippen LogP contribution in [0.25, 0.3) is 11.0 Å². The number of carboxylic acids is 1. The summed E-state index contributed by atoms with van der Waals surface area (Å²) in [4.78, 5) is 24.9. The van der Waals surface area contributed by atoms with Gasteiger partial charge in [-0.15, -0.1) is 0 Å². The van der Waals surface area contributed by atoms with Crippen molar-refractivity contribution in [1.29, 1.82) is 0 Å². The number of fused-ring (bicyclic) bond motifs is 1. The van der Waals surface area contributed by atoms with Crippen molar-refractivity contribution in [2.45, 2.75) is 25.3 Å². The lowest BCUT2D eigenvalue weighted by Crippen LogP contribution is -2.41. The van der Waals surface area contributed by atoms with E-state index < -0.39 is 5.97 Å². The van der Waals surface area contributed by atoms with Gasteiger partial charge in [0, 0.05) is 19.6 Å². The first kappa shape index (κ1) is 15.3. The number of hydrogen-bond donors (Lipinski definition) is 1. The second kappa shape index (κ2) is 5.70. The lowest BCUT2D eigenvalue weighted by molar-refractivity contribution is -0.141. The highest BCUT2D eigenvalue weighted by Crippen LogP contribution is 2.43. The summed E-state index contributed by atoms with van der Waals surface area (Å²) < 4.78 is 0. The molecular formula is C18H22N4O2. The van der Waals surface area contributed by atoms with E-state index in [0.29, 0.717) is 0 Å². The lowest BCUT2D eigenvalue weighted by atomic mass is 9.76. The molecule has 2 saturated heterocycles. The molecular weight excluding hydrogens is 304 g/mol. The average molecular weight is 326 g/mol. The van der Waals surface area contributed by atoms with Crippen LogP contribution in [0.3, 0.4) is 0 Å². The maximum Gasteiger partial charge on any atom is 0.320 e. The first-order valence-electron chi connectivity index (χ1n) is 8.46. The first-order valence-corrected chi connectivity index (χ1v) is 8.46. The minimum absolute atomic E-state index is 0.137. The largest absolute Gasteiger partial charge is 0.480 e. The smallest absolute Gasteiger partial charge is 0.320 e. The molecule has 1 spiro atoms. The maximum absolute atomic E-state index is 11.4. The molecule has 6 nitrogen and oxygen atoms in total. The Morgan fingerprint density at radius 3 is 2.62 bits per heavy atom. The van der Waals surface area contributed by atoms with Gasteiger partial charge in [0.25, 0.3) is 0 Å². The van der Waals surface area contributed by atoms with Gasteiger partial charge in [-0.1, -0.05) is 12.1 Å². The molecule has 1 aromatic heterocycles. The molecule has 126 valence electrons. The molecule has 0 amide bonds. The second-order valence-corrected chi connectivity index (χ2v) is 7.18. The van der Waals surface area contributed by atoms with E-state index in [4.69, 9.17) is 4.98 Å². The summed E-state index contributed by atoms with van der Waals surface area (Å²) in [5.74, 6) is 0.224. The van der Waals surface area contributed by atoms with Gasteiger partial charge in [0.15, 0.2) is 0 Å². The maximum atomic E-state index is 11.4. The summed E-state index contributed by atoms with van der Waals surface area (Å²) in [5.41, 5.74) is 1.97. The Labute approximate surface area is 141 Å². The number of benzene rings is 1. The van der Waals surface area contributed by atoms with E-state index in [9.17, 15) is 9.90 Å². The van der Waals surface area contributed by atoms with E-state index >= 15 is 0 Å². The number of anilines is 1. The lowest BCUT2D eigenvalue weighted by Gasteiger charge is -2.39. The molecule has 6 heteroatoms. The molecule has 0 unspecified atom stereocenters. The molecule has 2 aliphatic rings. The van der Waals surface area contributed by atoms with Gasteiger partial charge in [0.2, 0.25) is 0 Å². The molecule has 2 aromatic rings. The first-order chi connectivity index (χ1) is 11.6. The number of hydrogen-bond acceptors (Lipinski definition) is 5. The van der Waals surface area contributed by atoms with Crippen LogP contribution >= 0.6 is 0 Å². The fraction of sp³-hybridized carbons (Fsp3) is 0.500. The summed E-state index contributed by atoms with van der Waals surface area (Å²) in [6.45, 7) is 2.70. The predicted molar refractivity (Wildman–Crippen MR) is 92.1 cm³/mol. The van der Waals surface area contributed by atoms with Gasteiger partial charge in [-0.2, -0.15) is 0 Å². The van der Waals surface area contributed by atoms with Crippen molar-refractivity contribution in [2.75, 3.05) is 31.6 Å². The van der Waals surface area contributed by atoms with Crippen LogP contribution in [0.15, 0.2) is 30.5 Å². The normalized spacial score (nSPS) is 23.9. The minimum Gasteiger partial charge on any atom is -0.480 e. The molecule has 2 aliphatic heterocycles. The van der Waals surface area contributed by atoms with Crippen molar-refractivity contribution in [3.63, 3.8) is 0 Å². The Bertz CT molecular complexity index is 770. The number of likely N-dealkylation sites (N-methyl/N-ethyl adjacent to an activating group) is 1. The average Bonchev–Trinajstić information content (AvgIpc) is 2.91. The van der Waals surface area contributed by atoms with E-state index in [0.717, 1.165) is 55.7 Å². The van der Waals surface area contributed by atoms with E-state index in [1.807, 2.05) is 42.4 Å². The molecule has 2 fully saturated rings. The fourth-order valence-electron chi connectivity index (χ4n) is 4.22. The molecule has 4 rings (SSSR count). The zero-order valence-corrected chi connectivity index (χ0v) is 13.9. The third-order valence-electron chi connectivity index (χ3n) is 5.61. The molecule has 0 bridgehead atoms. The fourth-order valence-corrected chi connectivity index (χ4v) is 4.22. The van der Waals surface area contributed by atoms with Crippen molar-refractivity contribution in [2.24, 2.45) is 5.41 Å². The Hall–Kier alpha value is -2.21. The molecule has 0 radical (unpaired) electrons. The Morgan fingerprint density at radius 1 is 1.25 bits per heavy atom. The van der Waals surface area contributed by atoms with Gasteiger partial charge < -0.3 is 10.0 Å². The third kappa shape index (κ3) is 2.60. The van der Waals surface area contributed by atoms with Crippen LogP contribution < -0.4 is 4.90 Å². The monoisotopic (exact) mass is 326 g/mol. The van der Waals surface area contributed by atoms with Gasteiger partial charge >= 0.3 is 5.97 Å². The van der Waals surface area contributed by atoms with E-state index in [1.54, 1.807) is 0 Å². The number of nitrogens with zero attached hydrogens (tertiary/aromatic N) is 4. The van der Waals surface area contributed by atoms with Crippen LogP contribution in [0.4, 0.5) is 5.82 Å². The second-order valence-electron chi connectivity index (χ2n) is 7.18. The van der Waals surface area contributed by atoms with E-state index in [1.165, 1.54) is 0 Å². The van der Waals surface area contributed by atoms with Crippen LogP contribution in [0.2, 0.25) is 0 Å². The summed E-state index contributed by atoms with van der Waals surface area (Å²) in [7, 11) is 1.93. The van der Waals surface area contributed by atoms with Crippen LogP contribution in [0, 0.1) is 5.41 Å². The van der Waals surface area contributed by atoms with Gasteiger partial charge in [-0.05, 0) is 43.9 Å². The number of aliphatic carboxylic acids is 1. The quantitative estimate of drug-likeness (QED) is 0.910. The van der Waals surface area contributed by atoms with Crippen LogP contribution in [-0.4, -0.2) is 58.7 Å². The Balaban J connectivity index is 1.48. The molecule has 3 heterocycles. The Kier molecular flexibility index (Phi) is 3.64. The van der Waals surface area contributed by atoms with Gasteiger partial charge in [0.1, 0.15) is 11.9 Å². The SMILES string of the molecule is CN1CC2(CCN(c3cnc4ccccc4n3)CC2)C[C@@H]1C(=O)O. The minimum atomic E-state index is -0.697. The molecule has 0 saturated carbocycles. The van der Waals surface area contributed by atoms with Crippen molar-refractivity contribution >= 4 is 22.8 Å². The Morgan fingerprint density at radius 2 is 1.96 bits per heavy atom. The number of carbonyl (C=O) groups is 1. The van der Waals surface area contributed by atoms with Crippen molar-refractivity contribution in [3.05, 3.63) is 30.5 Å². The molecule has 24 heavy (non-hydrogen) atoms. The van der Waals surface area contributed by atoms with Crippen LogP contribution in [0.1, 0.15) is 19.3 Å². The van der Waals surface area contributed by atoms with Crippen molar-refractivity contribution < 1.29 is 9.90 Å². The summed E-state index contributed by atoms with van der Waals surface area (Å²) in [6, 6.07) is 7.57. The van der Waals surface area contributed by atoms with E-state index in [-0.39, 0.29) is 11.5 Å². The van der Waals surface area contributed by atoms with Crippen LogP contribution in [-0.2, 0) is 4.79 Å². The van der Waals surface area contributed by atoms with Crippen molar-refractivity contribution in [3.8, 4) is 0 Å². The summed E-state index contributed by atoms with van der Waals surface area (Å²) in [6.07, 6.45) is 4.63. The number of likely N-dealkylation sites (tertiary alicyclic amines) is 1. The number of para-hydroxylation sites is 2. The summed E-state index contributed by atoms with van der Waals surface area (Å²) in [5, 5.41) is 9.36. The topological polar surface area (TPSA) is 69.6 Å². The molecule has 1 aromatic carbocycles. The van der Waals surface area contributed by atoms with Gasteiger partial charge in [0.05, 0.1) is 17.2 Å². The number of rotatable bonds is 2. The number of aromatic nitrogens is 2. The highest BCUT2D eigenvalue weighted by atomic mass is 16.4. The highest BCUT2D eigenvalue weighted by molar-refractivity contribution is 5.75.